The summed E-state index contributed by atoms with van der Waals surface area (Å²) in [6.07, 6.45) is -0.513. The van der Waals surface area contributed by atoms with Crippen LogP contribution in [0.4, 0.5) is 13.2 Å². The van der Waals surface area contributed by atoms with Crippen LogP contribution in [0.25, 0.3) is 16.9 Å². The number of piperazine rings is 1. The molecule has 2 saturated heterocycles. The number of alkyl halides is 3. The quantitative estimate of drug-likeness (QED) is 0.597. The fraction of sp³-hybridized carbons (Fsp3) is 0.500. The number of hydrogen-bond acceptors (Lipinski definition) is 7. The van der Waals surface area contributed by atoms with E-state index in [4.69, 9.17) is 14.6 Å². The number of ether oxygens (including phenoxy) is 2. The van der Waals surface area contributed by atoms with Crippen molar-refractivity contribution in [3.05, 3.63) is 41.7 Å². The van der Waals surface area contributed by atoms with E-state index in [0.29, 0.717) is 22.6 Å². The Kier molecular flexibility index (Phi) is 7.48. The topological polar surface area (TPSA) is 75.4 Å². The van der Waals surface area contributed by atoms with Gasteiger partial charge in [0.05, 0.1) is 32.8 Å². The third kappa shape index (κ3) is 5.36. The molecule has 2 aliphatic rings. The summed E-state index contributed by atoms with van der Waals surface area (Å²) >= 11 is 0. The number of nitrogens with zero attached hydrogens (tertiary/aromatic N) is 5. The lowest BCUT2D eigenvalue weighted by Crippen LogP contribution is -2.50. The minimum atomic E-state index is -4.55. The molecule has 1 aromatic carbocycles. The third-order valence-electron chi connectivity index (χ3n) is 6.49. The highest BCUT2D eigenvalue weighted by Crippen LogP contribution is 2.35. The van der Waals surface area contributed by atoms with Crippen LogP contribution in [0.2, 0.25) is 0 Å². The number of aryl methyl sites for hydroxylation is 1. The number of aliphatic hydroxyl groups is 1. The molecular weight excluding hydrogens is 463 g/mol. The van der Waals surface area contributed by atoms with Crippen molar-refractivity contribution in [3.8, 4) is 22.8 Å². The Bertz CT molecular complexity index is 1170. The van der Waals surface area contributed by atoms with Gasteiger partial charge in [-0.1, -0.05) is 0 Å². The van der Waals surface area contributed by atoms with Crippen LogP contribution in [0.15, 0.2) is 30.5 Å². The monoisotopic (exact) mass is 493 g/mol. The van der Waals surface area contributed by atoms with Crippen molar-refractivity contribution in [2.75, 3.05) is 47.1 Å². The number of rotatable bonds is 4. The number of halogens is 3. The van der Waals surface area contributed by atoms with Crippen molar-refractivity contribution >= 4 is 5.65 Å². The van der Waals surface area contributed by atoms with E-state index in [0.717, 1.165) is 36.3 Å². The fourth-order valence-corrected chi connectivity index (χ4v) is 4.60. The zero-order valence-electron chi connectivity index (χ0n) is 20.0. The van der Waals surface area contributed by atoms with E-state index in [1.54, 1.807) is 25.1 Å². The second-order valence-corrected chi connectivity index (χ2v) is 8.71. The number of hydrogen-bond donors (Lipinski definition) is 1. The maximum Gasteiger partial charge on any atom is 0.433 e. The maximum atomic E-state index is 13.4. The zero-order valence-corrected chi connectivity index (χ0v) is 20.0. The smallest absolute Gasteiger partial charge is 0.433 e. The summed E-state index contributed by atoms with van der Waals surface area (Å²) in [5, 5.41) is 12.7. The SMILES string of the molecule is COc1ccc(-c2cc(C(F)(F)F)n3ncc(C)c3n2)cc1OC.OCN1CCN2CCCC2C1. The van der Waals surface area contributed by atoms with Gasteiger partial charge in [0.2, 0.25) is 0 Å². The molecule has 0 saturated carbocycles. The molecule has 5 rings (SSSR count). The lowest BCUT2D eigenvalue weighted by atomic mass is 10.1. The van der Waals surface area contributed by atoms with Gasteiger partial charge >= 0.3 is 6.18 Å². The molecule has 35 heavy (non-hydrogen) atoms. The standard InChI is InChI=1S/C16H14F3N3O2.C8H16N2O/c1-9-8-20-22-14(16(17,18)19)7-11(21-15(9)22)10-4-5-12(23-2)13(6-10)24-3;11-7-9-4-5-10-3-1-2-8(10)6-9/h4-8H,1-3H3;8,11H,1-7H2. The van der Waals surface area contributed by atoms with Gasteiger partial charge in [0.25, 0.3) is 0 Å². The second-order valence-electron chi connectivity index (χ2n) is 8.71. The highest BCUT2D eigenvalue weighted by molar-refractivity contribution is 5.67. The van der Waals surface area contributed by atoms with E-state index in [2.05, 4.69) is 19.9 Å². The van der Waals surface area contributed by atoms with Crippen molar-refractivity contribution in [1.29, 1.82) is 0 Å². The molecule has 0 aliphatic carbocycles. The second kappa shape index (κ2) is 10.4. The molecule has 0 amide bonds. The zero-order chi connectivity index (χ0) is 25.2. The van der Waals surface area contributed by atoms with Gasteiger partial charge in [-0.05, 0) is 50.6 Å². The minimum Gasteiger partial charge on any atom is -0.493 e. The Hall–Kier alpha value is -2.89. The summed E-state index contributed by atoms with van der Waals surface area (Å²) in [4.78, 5) is 8.99. The predicted molar refractivity (Wildman–Crippen MR) is 125 cm³/mol. The molecule has 8 nitrogen and oxygen atoms in total. The number of benzene rings is 1. The highest BCUT2D eigenvalue weighted by atomic mass is 19.4. The normalized spacial score (nSPS) is 18.8. The van der Waals surface area contributed by atoms with Crippen molar-refractivity contribution in [3.63, 3.8) is 0 Å². The van der Waals surface area contributed by atoms with E-state index < -0.39 is 11.9 Å². The molecule has 190 valence electrons. The van der Waals surface area contributed by atoms with Crippen molar-refractivity contribution in [2.45, 2.75) is 32.0 Å². The summed E-state index contributed by atoms with van der Waals surface area (Å²) in [5.41, 5.74) is 0.503. The highest BCUT2D eigenvalue weighted by Gasteiger charge is 2.35. The van der Waals surface area contributed by atoms with Crippen LogP contribution in [-0.2, 0) is 6.18 Å². The molecule has 1 unspecified atom stereocenters. The summed E-state index contributed by atoms with van der Waals surface area (Å²) in [5.74, 6) is 0.898. The third-order valence-corrected chi connectivity index (χ3v) is 6.49. The number of aliphatic hydroxyl groups excluding tert-OH is 1. The van der Waals surface area contributed by atoms with Crippen LogP contribution in [0.3, 0.4) is 0 Å². The molecule has 0 bridgehead atoms. The molecule has 1 atom stereocenters. The molecular formula is C24H30F3N5O3. The largest absolute Gasteiger partial charge is 0.493 e. The van der Waals surface area contributed by atoms with Crippen molar-refractivity contribution in [2.24, 2.45) is 0 Å². The molecule has 2 aliphatic heterocycles. The number of aromatic nitrogens is 3. The summed E-state index contributed by atoms with van der Waals surface area (Å²) < 4.78 is 51.2. The van der Waals surface area contributed by atoms with Crippen LogP contribution < -0.4 is 9.47 Å². The van der Waals surface area contributed by atoms with Gasteiger partial charge < -0.3 is 14.6 Å². The van der Waals surface area contributed by atoms with Gasteiger partial charge in [-0.15, -0.1) is 0 Å². The van der Waals surface area contributed by atoms with Crippen molar-refractivity contribution in [1.82, 2.24) is 24.4 Å². The van der Waals surface area contributed by atoms with Gasteiger partial charge in [-0.2, -0.15) is 18.3 Å². The molecule has 0 radical (unpaired) electrons. The van der Waals surface area contributed by atoms with E-state index >= 15 is 0 Å². The first-order valence-corrected chi connectivity index (χ1v) is 11.5. The Morgan fingerprint density at radius 1 is 1.09 bits per heavy atom. The van der Waals surface area contributed by atoms with Crippen LogP contribution in [-0.4, -0.2) is 82.7 Å². The van der Waals surface area contributed by atoms with Gasteiger partial charge in [0.15, 0.2) is 22.8 Å². The Labute approximate surface area is 201 Å². The summed E-state index contributed by atoms with van der Waals surface area (Å²) in [7, 11) is 2.94. The minimum absolute atomic E-state index is 0.162. The summed E-state index contributed by atoms with van der Waals surface area (Å²) in [6.45, 7) is 6.47. The average Bonchev–Trinajstić information content (AvgIpc) is 3.48. The first kappa shape index (κ1) is 25.2. The molecule has 1 N–H and O–H groups in total. The van der Waals surface area contributed by atoms with Crippen LogP contribution in [0, 0.1) is 6.92 Å². The molecule has 4 heterocycles. The Morgan fingerprint density at radius 2 is 1.86 bits per heavy atom. The fourth-order valence-electron chi connectivity index (χ4n) is 4.60. The van der Waals surface area contributed by atoms with E-state index in [1.165, 1.54) is 39.8 Å². The first-order chi connectivity index (χ1) is 16.7. The van der Waals surface area contributed by atoms with Crippen LogP contribution >= 0.6 is 0 Å². The van der Waals surface area contributed by atoms with Gasteiger partial charge in [0.1, 0.15) is 0 Å². The van der Waals surface area contributed by atoms with Crippen molar-refractivity contribution < 1.29 is 27.8 Å². The predicted octanol–water partition coefficient (Wildman–Crippen LogP) is 3.46. The lowest BCUT2D eigenvalue weighted by molar-refractivity contribution is -0.142. The number of fused-ring (bicyclic) bond motifs is 2. The van der Waals surface area contributed by atoms with Crippen LogP contribution in [0.5, 0.6) is 11.5 Å². The molecule has 2 aromatic heterocycles. The van der Waals surface area contributed by atoms with Gasteiger partial charge in [0, 0.05) is 36.8 Å². The summed E-state index contributed by atoms with van der Waals surface area (Å²) in [6, 6.07) is 6.56. The Balaban J connectivity index is 0.000000218. The molecule has 3 aromatic rings. The Morgan fingerprint density at radius 3 is 2.54 bits per heavy atom. The first-order valence-electron chi connectivity index (χ1n) is 11.5. The van der Waals surface area contributed by atoms with Gasteiger partial charge in [-0.25, -0.2) is 9.50 Å². The van der Waals surface area contributed by atoms with Crippen LogP contribution in [0.1, 0.15) is 24.1 Å². The van der Waals surface area contributed by atoms with E-state index in [-0.39, 0.29) is 18.1 Å². The van der Waals surface area contributed by atoms with Gasteiger partial charge in [-0.3, -0.25) is 9.80 Å². The molecule has 11 heteroatoms. The molecule has 0 spiro atoms. The average molecular weight is 494 g/mol. The lowest BCUT2D eigenvalue weighted by Gasteiger charge is -2.36. The number of methoxy groups -OCH3 is 2. The van der Waals surface area contributed by atoms with E-state index in [1.807, 2.05) is 0 Å². The molecule has 2 fully saturated rings. The van der Waals surface area contributed by atoms with E-state index in [9.17, 15) is 13.2 Å². The maximum absolute atomic E-state index is 13.4.